The maximum Gasteiger partial charge on any atom is 0.237 e. The molecule has 0 bridgehead atoms. The zero-order valence-corrected chi connectivity index (χ0v) is 10.3. The van der Waals surface area contributed by atoms with Gasteiger partial charge >= 0.3 is 0 Å². The molecule has 0 aliphatic rings. The molecule has 17 heavy (non-hydrogen) atoms. The van der Waals surface area contributed by atoms with E-state index in [0.717, 1.165) is 5.56 Å². The molecule has 4 N–H and O–H groups in total. The van der Waals surface area contributed by atoms with Crippen LogP contribution in [0.4, 0.5) is 0 Å². The minimum Gasteiger partial charge on any atom is -0.387 e. The van der Waals surface area contributed by atoms with Gasteiger partial charge in [0.15, 0.2) is 0 Å². The first-order valence-electron chi connectivity index (χ1n) is 5.78. The number of aliphatic hydroxyl groups is 1. The Kier molecular flexibility index (Phi) is 5.12. The molecular weight excluding hydrogens is 216 g/mol. The quantitative estimate of drug-likeness (QED) is 0.708. The number of benzene rings is 1. The van der Waals surface area contributed by atoms with Gasteiger partial charge in [0.05, 0.1) is 12.1 Å². The lowest BCUT2D eigenvalue weighted by Crippen LogP contribution is -2.45. The molecule has 0 saturated carbocycles. The van der Waals surface area contributed by atoms with E-state index >= 15 is 0 Å². The van der Waals surface area contributed by atoms with Crippen LogP contribution in [-0.2, 0) is 4.79 Å². The van der Waals surface area contributed by atoms with Gasteiger partial charge in [-0.25, -0.2) is 0 Å². The van der Waals surface area contributed by atoms with E-state index in [9.17, 15) is 9.90 Å². The van der Waals surface area contributed by atoms with Crippen LogP contribution in [0.5, 0.6) is 0 Å². The third kappa shape index (κ3) is 4.17. The molecule has 0 fully saturated rings. The largest absolute Gasteiger partial charge is 0.387 e. The van der Waals surface area contributed by atoms with Crippen molar-refractivity contribution in [2.75, 3.05) is 6.54 Å². The Morgan fingerprint density at radius 3 is 2.47 bits per heavy atom. The molecule has 4 nitrogen and oxygen atoms in total. The SMILES string of the molecule is CC(C)C(N)C(=O)NCC(O)c1ccccc1. The number of nitrogens with one attached hydrogen (secondary N) is 1. The minimum absolute atomic E-state index is 0.0869. The van der Waals surface area contributed by atoms with Gasteiger partial charge in [0.2, 0.25) is 5.91 Å². The molecule has 1 aromatic rings. The molecule has 1 rings (SSSR count). The average molecular weight is 236 g/mol. The van der Waals surface area contributed by atoms with Gasteiger partial charge in [-0.05, 0) is 11.5 Å². The second kappa shape index (κ2) is 6.37. The lowest BCUT2D eigenvalue weighted by Gasteiger charge is -2.17. The highest BCUT2D eigenvalue weighted by molar-refractivity contribution is 5.81. The third-order valence-electron chi connectivity index (χ3n) is 2.67. The summed E-state index contributed by atoms with van der Waals surface area (Å²) in [4.78, 5) is 11.6. The number of amides is 1. The van der Waals surface area contributed by atoms with E-state index in [1.165, 1.54) is 0 Å². The van der Waals surface area contributed by atoms with Crippen molar-refractivity contribution in [3.8, 4) is 0 Å². The van der Waals surface area contributed by atoms with Crippen LogP contribution < -0.4 is 11.1 Å². The van der Waals surface area contributed by atoms with Crippen molar-refractivity contribution in [3.05, 3.63) is 35.9 Å². The molecule has 0 aliphatic heterocycles. The summed E-state index contributed by atoms with van der Waals surface area (Å²) in [6.07, 6.45) is -0.695. The van der Waals surface area contributed by atoms with E-state index in [2.05, 4.69) is 5.32 Å². The van der Waals surface area contributed by atoms with Gasteiger partial charge in [0.25, 0.3) is 0 Å². The first-order valence-corrected chi connectivity index (χ1v) is 5.78. The summed E-state index contributed by atoms with van der Waals surface area (Å²) in [5, 5.41) is 12.5. The normalized spacial score (nSPS) is 14.4. The van der Waals surface area contributed by atoms with E-state index in [1.54, 1.807) is 0 Å². The predicted molar refractivity (Wildman–Crippen MR) is 67.2 cm³/mol. The summed E-state index contributed by atoms with van der Waals surface area (Å²) in [5.74, 6) is -0.140. The van der Waals surface area contributed by atoms with Gasteiger partial charge in [0.1, 0.15) is 0 Å². The summed E-state index contributed by atoms with van der Waals surface area (Å²) < 4.78 is 0. The minimum atomic E-state index is -0.695. The number of hydrogen-bond donors (Lipinski definition) is 3. The Labute approximate surface area is 102 Å². The second-order valence-corrected chi connectivity index (χ2v) is 4.44. The van der Waals surface area contributed by atoms with Crippen LogP contribution in [-0.4, -0.2) is 23.6 Å². The second-order valence-electron chi connectivity index (χ2n) is 4.44. The van der Waals surface area contributed by atoms with Crippen LogP contribution in [0.25, 0.3) is 0 Å². The van der Waals surface area contributed by atoms with Crippen LogP contribution in [0.1, 0.15) is 25.5 Å². The van der Waals surface area contributed by atoms with Gasteiger partial charge in [-0.15, -0.1) is 0 Å². The first kappa shape index (κ1) is 13.7. The molecule has 1 amide bonds. The lowest BCUT2D eigenvalue weighted by atomic mass is 10.0. The molecule has 0 aromatic heterocycles. The maximum absolute atomic E-state index is 11.6. The van der Waals surface area contributed by atoms with Crippen molar-refractivity contribution in [3.63, 3.8) is 0 Å². The van der Waals surface area contributed by atoms with Crippen LogP contribution in [0.2, 0.25) is 0 Å². The summed E-state index contributed by atoms with van der Waals surface area (Å²) in [6.45, 7) is 3.96. The van der Waals surface area contributed by atoms with Gasteiger partial charge in [0, 0.05) is 6.54 Å². The average Bonchev–Trinajstić information content (AvgIpc) is 2.35. The Hall–Kier alpha value is -1.39. The topological polar surface area (TPSA) is 75.4 Å². The highest BCUT2D eigenvalue weighted by Gasteiger charge is 2.18. The molecule has 94 valence electrons. The van der Waals surface area contributed by atoms with Gasteiger partial charge in [-0.2, -0.15) is 0 Å². The van der Waals surface area contributed by atoms with Crippen molar-refractivity contribution >= 4 is 5.91 Å². The number of rotatable bonds is 5. The van der Waals surface area contributed by atoms with Crippen molar-refractivity contribution in [2.24, 2.45) is 11.7 Å². The van der Waals surface area contributed by atoms with Crippen molar-refractivity contribution in [1.29, 1.82) is 0 Å². The fraction of sp³-hybridized carbons (Fsp3) is 0.462. The maximum atomic E-state index is 11.6. The standard InChI is InChI=1S/C13H20N2O2/c1-9(2)12(14)13(17)15-8-11(16)10-6-4-3-5-7-10/h3-7,9,11-12,16H,8,14H2,1-2H3,(H,15,17). The Morgan fingerprint density at radius 1 is 1.35 bits per heavy atom. The fourth-order valence-electron chi connectivity index (χ4n) is 1.41. The van der Waals surface area contributed by atoms with Gasteiger partial charge in [-0.3, -0.25) is 4.79 Å². The van der Waals surface area contributed by atoms with E-state index in [0.29, 0.717) is 0 Å². The van der Waals surface area contributed by atoms with Crippen LogP contribution in [0.15, 0.2) is 30.3 Å². The smallest absolute Gasteiger partial charge is 0.237 e. The van der Waals surface area contributed by atoms with Crippen molar-refractivity contribution in [2.45, 2.75) is 26.0 Å². The molecule has 0 spiro atoms. The van der Waals surface area contributed by atoms with Gasteiger partial charge < -0.3 is 16.2 Å². The van der Waals surface area contributed by atoms with Crippen molar-refractivity contribution in [1.82, 2.24) is 5.32 Å². The van der Waals surface area contributed by atoms with Crippen LogP contribution >= 0.6 is 0 Å². The Bertz CT molecular complexity index is 352. The van der Waals surface area contributed by atoms with Crippen LogP contribution in [0.3, 0.4) is 0 Å². The van der Waals surface area contributed by atoms with E-state index in [-0.39, 0.29) is 18.4 Å². The summed E-state index contributed by atoms with van der Waals surface area (Å²) in [5.41, 5.74) is 6.47. The Balaban J connectivity index is 2.44. The molecule has 1 aromatic carbocycles. The molecule has 0 aliphatic carbocycles. The monoisotopic (exact) mass is 236 g/mol. The summed E-state index contributed by atoms with van der Waals surface area (Å²) in [7, 11) is 0. The summed E-state index contributed by atoms with van der Waals surface area (Å²) >= 11 is 0. The van der Waals surface area contributed by atoms with E-state index in [4.69, 9.17) is 5.73 Å². The number of carbonyl (C=O) groups is 1. The molecule has 0 saturated heterocycles. The highest BCUT2D eigenvalue weighted by Crippen LogP contribution is 2.10. The van der Waals surface area contributed by atoms with Crippen LogP contribution in [0, 0.1) is 5.92 Å². The zero-order valence-electron chi connectivity index (χ0n) is 10.3. The number of hydrogen-bond acceptors (Lipinski definition) is 3. The summed E-state index contributed by atoms with van der Waals surface area (Å²) in [6, 6.07) is 8.68. The molecule has 2 unspecified atom stereocenters. The Morgan fingerprint density at radius 2 is 1.94 bits per heavy atom. The predicted octanol–water partition coefficient (Wildman–Crippen LogP) is 0.819. The van der Waals surface area contributed by atoms with E-state index in [1.807, 2.05) is 44.2 Å². The van der Waals surface area contributed by atoms with Crippen molar-refractivity contribution < 1.29 is 9.90 Å². The lowest BCUT2D eigenvalue weighted by molar-refractivity contribution is -0.123. The fourth-order valence-corrected chi connectivity index (χ4v) is 1.41. The highest BCUT2D eigenvalue weighted by atomic mass is 16.3. The first-order chi connectivity index (χ1) is 8.02. The van der Waals surface area contributed by atoms with E-state index < -0.39 is 12.1 Å². The molecule has 0 radical (unpaired) electrons. The molecule has 0 heterocycles. The molecular formula is C13H20N2O2. The number of aliphatic hydroxyl groups excluding tert-OH is 1. The zero-order chi connectivity index (χ0) is 12.8. The number of nitrogens with two attached hydrogens (primary N) is 1. The number of carbonyl (C=O) groups excluding carboxylic acids is 1. The third-order valence-corrected chi connectivity index (χ3v) is 2.67. The van der Waals surface area contributed by atoms with Gasteiger partial charge in [-0.1, -0.05) is 44.2 Å². The molecule has 4 heteroatoms. The molecule has 2 atom stereocenters.